The van der Waals surface area contributed by atoms with E-state index >= 15 is 0 Å². The number of carbonyl (C=O) groups is 1. The number of hydrogen-bond acceptors (Lipinski definition) is 4. The van der Waals surface area contributed by atoms with Gasteiger partial charge in [-0.15, -0.1) is 0 Å². The molecule has 1 aliphatic heterocycles. The lowest BCUT2D eigenvalue weighted by molar-refractivity contribution is 0.0999. The monoisotopic (exact) mass is 359 g/mol. The van der Waals surface area contributed by atoms with Gasteiger partial charge in [-0.3, -0.25) is 9.78 Å². The third-order valence-electron chi connectivity index (χ3n) is 5.06. The SMILES string of the molecule is COc1ccccc1CN1c2cccc(C(N)=O)c2CC1c1ccccn1. The van der Waals surface area contributed by atoms with Crippen LogP contribution in [0.1, 0.15) is 33.2 Å². The third-order valence-corrected chi connectivity index (χ3v) is 5.06. The number of anilines is 1. The summed E-state index contributed by atoms with van der Waals surface area (Å²) in [7, 11) is 1.68. The van der Waals surface area contributed by atoms with Crippen molar-refractivity contribution in [2.24, 2.45) is 5.73 Å². The summed E-state index contributed by atoms with van der Waals surface area (Å²) in [5, 5.41) is 0. The molecule has 1 aromatic heterocycles. The van der Waals surface area contributed by atoms with E-state index < -0.39 is 5.91 Å². The van der Waals surface area contributed by atoms with Gasteiger partial charge in [0, 0.05) is 36.0 Å². The molecule has 1 atom stereocenters. The van der Waals surface area contributed by atoms with Crippen LogP contribution in [0, 0.1) is 0 Å². The van der Waals surface area contributed by atoms with Crippen LogP contribution >= 0.6 is 0 Å². The number of benzene rings is 2. The normalized spacial score (nSPS) is 15.4. The van der Waals surface area contributed by atoms with Crippen LogP contribution in [0.2, 0.25) is 0 Å². The van der Waals surface area contributed by atoms with E-state index in [2.05, 4.69) is 16.0 Å². The maximum absolute atomic E-state index is 11.9. The molecule has 2 heterocycles. The quantitative estimate of drug-likeness (QED) is 0.757. The second kappa shape index (κ2) is 7.11. The number of carbonyl (C=O) groups excluding carboxylic acids is 1. The zero-order chi connectivity index (χ0) is 18.8. The Morgan fingerprint density at radius 3 is 2.70 bits per heavy atom. The Kier molecular flexibility index (Phi) is 4.50. The minimum atomic E-state index is -0.397. The van der Waals surface area contributed by atoms with Crippen molar-refractivity contribution in [3.8, 4) is 5.75 Å². The van der Waals surface area contributed by atoms with Crippen LogP contribution in [0.15, 0.2) is 66.9 Å². The average molecular weight is 359 g/mol. The van der Waals surface area contributed by atoms with E-state index in [1.807, 2.05) is 48.5 Å². The number of nitrogens with zero attached hydrogens (tertiary/aromatic N) is 2. The summed E-state index contributed by atoms with van der Waals surface area (Å²) in [6, 6.07) is 19.7. The minimum Gasteiger partial charge on any atom is -0.496 e. The number of fused-ring (bicyclic) bond motifs is 1. The number of primary amides is 1. The fourth-order valence-electron chi connectivity index (χ4n) is 3.81. The molecule has 0 radical (unpaired) electrons. The number of nitrogens with two attached hydrogens (primary N) is 1. The molecule has 3 aromatic rings. The molecule has 27 heavy (non-hydrogen) atoms. The highest BCUT2D eigenvalue weighted by Gasteiger charge is 2.34. The third kappa shape index (κ3) is 3.12. The van der Waals surface area contributed by atoms with Gasteiger partial charge in [0.15, 0.2) is 0 Å². The molecule has 4 rings (SSSR count). The number of pyridine rings is 1. The molecule has 0 saturated carbocycles. The topological polar surface area (TPSA) is 68.5 Å². The smallest absolute Gasteiger partial charge is 0.249 e. The Hall–Kier alpha value is -3.34. The van der Waals surface area contributed by atoms with Gasteiger partial charge < -0.3 is 15.4 Å². The van der Waals surface area contributed by atoms with Crippen LogP contribution in [0.25, 0.3) is 0 Å². The van der Waals surface area contributed by atoms with Crippen molar-refractivity contribution in [1.29, 1.82) is 0 Å². The maximum Gasteiger partial charge on any atom is 0.249 e. The highest BCUT2D eigenvalue weighted by atomic mass is 16.5. The van der Waals surface area contributed by atoms with E-state index in [1.165, 1.54) is 0 Å². The molecule has 2 N–H and O–H groups in total. The van der Waals surface area contributed by atoms with Crippen LogP contribution in [-0.2, 0) is 13.0 Å². The first-order chi connectivity index (χ1) is 13.2. The lowest BCUT2D eigenvalue weighted by Gasteiger charge is -2.28. The molecule has 0 bridgehead atoms. The highest BCUT2D eigenvalue weighted by molar-refractivity contribution is 5.96. The number of amides is 1. The summed E-state index contributed by atoms with van der Waals surface area (Å²) in [6.07, 6.45) is 2.50. The second-order valence-corrected chi connectivity index (χ2v) is 6.58. The molecule has 2 aromatic carbocycles. The number of methoxy groups -OCH3 is 1. The minimum absolute atomic E-state index is 0.0339. The van der Waals surface area contributed by atoms with Gasteiger partial charge in [0.1, 0.15) is 5.75 Å². The van der Waals surface area contributed by atoms with Crippen LogP contribution in [-0.4, -0.2) is 18.0 Å². The van der Waals surface area contributed by atoms with E-state index in [4.69, 9.17) is 10.5 Å². The van der Waals surface area contributed by atoms with Gasteiger partial charge in [-0.1, -0.05) is 30.3 Å². The van der Waals surface area contributed by atoms with Crippen LogP contribution < -0.4 is 15.4 Å². The number of hydrogen-bond donors (Lipinski definition) is 1. The standard InChI is InChI=1S/C22H21N3O2/c1-27-21-11-3-2-7-15(21)14-25-19-10-6-8-16(22(23)26)17(19)13-20(25)18-9-4-5-12-24-18/h2-12,20H,13-14H2,1H3,(H2,23,26). The molecule has 1 unspecified atom stereocenters. The summed E-state index contributed by atoms with van der Waals surface area (Å²) in [6.45, 7) is 0.653. The van der Waals surface area contributed by atoms with Gasteiger partial charge in [0.25, 0.3) is 0 Å². The second-order valence-electron chi connectivity index (χ2n) is 6.58. The van der Waals surface area contributed by atoms with Crippen LogP contribution in [0.4, 0.5) is 5.69 Å². The van der Waals surface area contributed by atoms with Crippen LogP contribution in [0.5, 0.6) is 5.75 Å². The largest absolute Gasteiger partial charge is 0.496 e. The van der Waals surface area contributed by atoms with Crippen LogP contribution in [0.3, 0.4) is 0 Å². The number of rotatable bonds is 5. The van der Waals surface area contributed by atoms with Gasteiger partial charge in [-0.25, -0.2) is 0 Å². The van der Waals surface area contributed by atoms with E-state index in [1.54, 1.807) is 19.4 Å². The summed E-state index contributed by atoms with van der Waals surface area (Å²) in [5.74, 6) is 0.447. The average Bonchev–Trinajstić information content (AvgIpc) is 3.07. The fraction of sp³-hybridized carbons (Fsp3) is 0.182. The van der Waals surface area contributed by atoms with Gasteiger partial charge in [-0.2, -0.15) is 0 Å². The molecule has 0 aliphatic carbocycles. The molecule has 136 valence electrons. The van der Waals surface area contributed by atoms with Crippen molar-refractivity contribution < 1.29 is 9.53 Å². The molecular weight excluding hydrogens is 338 g/mol. The Bertz CT molecular complexity index is 972. The lowest BCUT2D eigenvalue weighted by Crippen LogP contribution is -2.25. The predicted molar refractivity (Wildman–Crippen MR) is 105 cm³/mol. The first-order valence-electron chi connectivity index (χ1n) is 8.90. The Morgan fingerprint density at radius 2 is 1.96 bits per heavy atom. The molecule has 5 heteroatoms. The molecule has 0 saturated heterocycles. The predicted octanol–water partition coefficient (Wildman–Crippen LogP) is 3.49. The molecule has 0 spiro atoms. The zero-order valence-electron chi connectivity index (χ0n) is 15.1. The van der Waals surface area contributed by atoms with E-state index in [9.17, 15) is 4.79 Å². The fourth-order valence-corrected chi connectivity index (χ4v) is 3.81. The first-order valence-corrected chi connectivity index (χ1v) is 8.90. The summed E-state index contributed by atoms with van der Waals surface area (Å²) < 4.78 is 5.53. The lowest BCUT2D eigenvalue weighted by atomic mass is 10.0. The Morgan fingerprint density at radius 1 is 1.15 bits per heavy atom. The Balaban J connectivity index is 1.80. The highest BCUT2D eigenvalue weighted by Crippen LogP contribution is 2.42. The van der Waals surface area contributed by atoms with Gasteiger partial charge in [-0.05, 0) is 35.9 Å². The van der Waals surface area contributed by atoms with Crippen molar-refractivity contribution in [3.63, 3.8) is 0 Å². The molecular formula is C22H21N3O2. The van der Waals surface area contributed by atoms with E-state index in [-0.39, 0.29) is 6.04 Å². The molecule has 5 nitrogen and oxygen atoms in total. The first kappa shape index (κ1) is 17.1. The zero-order valence-corrected chi connectivity index (χ0v) is 15.1. The van der Waals surface area contributed by atoms with Crippen molar-refractivity contribution in [2.75, 3.05) is 12.0 Å². The van der Waals surface area contributed by atoms with Crippen molar-refractivity contribution in [3.05, 3.63) is 89.2 Å². The van der Waals surface area contributed by atoms with Gasteiger partial charge in [0.05, 0.1) is 18.8 Å². The summed E-state index contributed by atoms with van der Waals surface area (Å²) in [5.41, 5.74) is 10.3. The molecule has 1 amide bonds. The summed E-state index contributed by atoms with van der Waals surface area (Å²) in [4.78, 5) is 18.8. The molecule has 0 fully saturated rings. The molecule has 1 aliphatic rings. The summed E-state index contributed by atoms with van der Waals surface area (Å²) >= 11 is 0. The van der Waals surface area contributed by atoms with Crippen molar-refractivity contribution >= 4 is 11.6 Å². The van der Waals surface area contributed by atoms with Crippen molar-refractivity contribution in [2.45, 2.75) is 19.0 Å². The number of aromatic nitrogens is 1. The van der Waals surface area contributed by atoms with Gasteiger partial charge in [0.2, 0.25) is 5.91 Å². The van der Waals surface area contributed by atoms with Crippen molar-refractivity contribution in [1.82, 2.24) is 4.98 Å². The number of ether oxygens (including phenoxy) is 1. The van der Waals surface area contributed by atoms with Gasteiger partial charge >= 0.3 is 0 Å². The van der Waals surface area contributed by atoms with E-state index in [0.717, 1.165) is 28.3 Å². The number of para-hydroxylation sites is 1. The maximum atomic E-state index is 11.9. The van der Waals surface area contributed by atoms with E-state index in [0.29, 0.717) is 18.5 Å². The Labute approximate surface area is 158 Å².